The van der Waals surface area contributed by atoms with E-state index in [2.05, 4.69) is 25.8 Å². The third-order valence-electron chi connectivity index (χ3n) is 3.40. The molecule has 2 aromatic rings. The summed E-state index contributed by atoms with van der Waals surface area (Å²) in [4.78, 5) is 27.8. The van der Waals surface area contributed by atoms with E-state index >= 15 is 0 Å². The molecule has 1 heterocycles. The molecule has 0 aliphatic carbocycles. The lowest BCUT2D eigenvalue weighted by atomic mass is 10.1. The van der Waals surface area contributed by atoms with Crippen LogP contribution in [0.15, 0.2) is 35.5 Å². The number of benzene rings is 1. The van der Waals surface area contributed by atoms with Gasteiger partial charge in [-0.05, 0) is 30.7 Å². The van der Waals surface area contributed by atoms with E-state index in [-0.39, 0.29) is 11.8 Å². The number of aromatic amines is 1. The number of nitrogens with one attached hydrogen (secondary N) is 3. The third-order valence-corrected chi connectivity index (χ3v) is 4.13. The smallest absolute Gasteiger partial charge is 0.251 e. The number of hydrogen-bond acceptors (Lipinski definition) is 5. The van der Waals surface area contributed by atoms with Crippen LogP contribution in [-0.4, -0.2) is 39.3 Å². The Bertz CT molecular complexity index is 675. The highest BCUT2D eigenvalue weighted by Gasteiger charge is 2.07. The Hall–Kier alpha value is -2.35. The second-order valence-corrected chi connectivity index (χ2v) is 6.61. The van der Waals surface area contributed by atoms with Gasteiger partial charge < -0.3 is 5.32 Å². The van der Waals surface area contributed by atoms with Gasteiger partial charge in [0.05, 0.1) is 0 Å². The van der Waals surface area contributed by atoms with Crippen LogP contribution in [0, 0.1) is 0 Å². The molecule has 25 heavy (non-hydrogen) atoms. The van der Waals surface area contributed by atoms with Crippen LogP contribution in [0.3, 0.4) is 0 Å². The van der Waals surface area contributed by atoms with Crippen molar-refractivity contribution in [3.8, 4) is 0 Å². The maximum absolute atomic E-state index is 11.8. The molecule has 1 aromatic heterocycles. The van der Waals surface area contributed by atoms with Gasteiger partial charge in [0.1, 0.15) is 0 Å². The Morgan fingerprint density at radius 2 is 1.96 bits per heavy atom. The summed E-state index contributed by atoms with van der Waals surface area (Å²) in [5, 5.41) is 12.9. The SMILES string of the molecule is CCSc1n[nH]c(NC(=O)CCCCCNC(=O)c2ccccc2)n1. The Morgan fingerprint density at radius 3 is 2.72 bits per heavy atom. The molecule has 8 heteroatoms. The summed E-state index contributed by atoms with van der Waals surface area (Å²) in [6.45, 7) is 2.62. The van der Waals surface area contributed by atoms with Crippen molar-refractivity contribution < 1.29 is 9.59 Å². The summed E-state index contributed by atoms with van der Waals surface area (Å²) in [5.74, 6) is 1.12. The van der Waals surface area contributed by atoms with Crippen molar-refractivity contribution in [2.75, 3.05) is 17.6 Å². The molecule has 0 unspecified atom stereocenters. The molecular formula is C17H23N5O2S. The number of hydrogen-bond donors (Lipinski definition) is 3. The first kappa shape index (κ1) is 19.0. The predicted octanol–water partition coefficient (Wildman–Crippen LogP) is 2.85. The fraction of sp³-hybridized carbons (Fsp3) is 0.412. The third kappa shape index (κ3) is 6.96. The molecule has 0 radical (unpaired) electrons. The topological polar surface area (TPSA) is 99.8 Å². The van der Waals surface area contributed by atoms with Crippen molar-refractivity contribution in [2.45, 2.75) is 37.8 Å². The molecule has 0 spiro atoms. The maximum Gasteiger partial charge on any atom is 0.251 e. The number of carbonyl (C=O) groups excluding carboxylic acids is 2. The fourth-order valence-electron chi connectivity index (χ4n) is 2.17. The first-order valence-electron chi connectivity index (χ1n) is 8.37. The zero-order valence-electron chi connectivity index (χ0n) is 14.2. The zero-order valence-corrected chi connectivity index (χ0v) is 15.1. The van der Waals surface area contributed by atoms with Gasteiger partial charge >= 0.3 is 0 Å². The average Bonchev–Trinajstić information content (AvgIpc) is 3.05. The molecule has 134 valence electrons. The summed E-state index contributed by atoms with van der Waals surface area (Å²) in [5.41, 5.74) is 0.662. The molecule has 2 rings (SSSR count). The van der Waals surface area contributed by atoms with E-state index in [9.17, 15) is 9.59 Å². The van der Waals surface area contributed by atoms with E-state index in [4.69, 9.17) is 0 Å². The van der Waals surface area contributed by atoms with Gasteiger partial charge in [-0.1, -0.05) is 43.3 Å². The number of carbonyl (C=O) groups is 2. The summed E-state index contributed by atoms with van der Waals surface area (Å²) >= 11 is 1.51. The van der Waals surface area contributed by atoms with E-state index in [0.717, 1.165) is 25.0 Å². The van der Waals surface area contributed by atoms with Gasteiger partial charge in [0.25, 0.3) is 5.91 Å². The van der Waals surface area contributed by atoms with Crippen LogP contribution < -0.4 is 10.6 Å². The van der Waals surface area contributed by atoms with E-state index in [0.29, 0.717) is 29.6 Å². The van der Waals surface area contributed by atoms with Gasteiger partial charge in [0.15, 0.2) is 0 Å². The lowest BCUT2D eigenvalue weighted by Gasteiger charge is -2.05. The average molecular weight is 361 g/mol. The Morgan fingerprint density at radius 1 is 1.16 bits per heavy atom. The molecular weight excluding hydrogens is 338 g/mol. The van der Waals surface area contributed by atoms with E-state index < -0.39 is 0 Å². The maximum atomic E-state index is 11.8. The van der Waals surface area contributed by atoms with Gasteiger partial charge in [-0.2, -0.15) is 4.98 Å². The second kappa shape index (κ2) is 10.5. The molecule has 0 aliphatic heterocycles. The van der Waals surface area contributed by atoms with Crippen molar-refractivity contribution in [2.24, 2.45) is 0 Å². The number of amides is 2. The molecule has 0 fully saturated rings. The number of aromatic nitrogens is 3. The van der Waals surface area contributed by atoms with Crippen molar-refractivity contribution in [1.82, 2.24) is 20.5 Å². The molecule has 0 aliphatic rings. The number of unbranched alkanes of at least 4 members (excludes halogenated alkanes) is 2. The van der Waals surface area contributed by atoms with Crippen LogP contribution in [0.2, 0.25) is 0 Å². The number of anilines is 1. The van der Waals surface area contributed by atoms with Gasteiger partial charge in [-0.25, -0.2) is 5.10 Å². The molecule has 0 saturated carbocycles. The van der Waals surface area contributed by atoms with Gasteiger partial charge in [-0.3, -0.25) is 14.9 Å². The molecule has 2 amide bonds. The second-order valence-electron chi connectivity index (χ2n) is 5.38. The van der Waals surface area contributed by atoms with Gasteiger partial charge in [-0.15, -0.1) is 5.10 Å². The Balaban J connectivity index is 1.55. The normalized spacial score (nSPS) is 10.4. The Labute approximate surface area is 151 Å². The van der Waals surface area contributed by atoms with Crippen LogP contribution >= 0.6 is 11.8 Å². The quantitative estimate of drug-likeness (QED) is 0.446. The number of thioether (sulfide) groups is 1. The predicted molar refractivity (Wildman–Crippen MR) is 98.7 cm³/mol. The summed E-state index contributed by atoms with van der Waals surface area (Å²) in [6, 6.07) is 9.13. The minimum Gasteiger partial charge on any atom is -0.352 e. The summed E-state index contributed by atoms with van der Waals surface area (Å²) in [6.07, 6.45) is 2.89. The van der Waals surface area contributed by atoms with E-state index in [1.807, 2.05) is 25.1 Å². The number of H-pyrrole nitrogens is 1. The van der Waals surface area contributed by atoms with E-state index in [1.54, 1.807) is 12.1 Å². The fourth-order valence-corrected chi connectivity index (χ4v) is 2.70. The minimum atomic E-state index is -0.0856. The Kier molecular flexibility index (Phi) is 7.97. The minimum absolute atomic E-state index is 0.0654. The highest BCUT2D eigenvalue weighted by atomic mass is 32.2. The van der Waals surface area contributed by atoms with Gasteiger partial charge in [0.2, 0.25) is 17.0 Å². The number of nitrogens with zero attached hydrogens (tertiary/aromatic N) is 2. The molecule has 0 atom stereocenters. The summed E-state index contributed by atoms with van der Waals surface area (Å²) in [7, 11) is 0. The lowest BCUT2D eigenvalue weighted by Crippen LogP contribution is -2.24. The zero-order chi connectivity index (χ0) is 17.9. The number of rotatable bonds is 10. The van der Waals surface area contributed by atoms with Crippen molar-refractivity contribution in [3.63, 3.8) is 0 Å². The van der Waals surface area contributed by atoms with Crippen LogP contribution in [0.25, 0.3) is 0 Å². The lowest BCUT2D eigenvalue weighted by molar-refractivity contribution is -0.116. The van der Waals surface area contributed by atoms with Crippen LogP contribution in [0.5, 0.6) is 0 Å². The molecule has 0 bridgehead atoms. The summed E-state index contributed by atoms with van der Waals surface area (Å²) < 4.78 is 0. The van der Waals surface area contributed by atoms with Crippen molar-refractivity contribution in [3.05, 3.63) is 35.9 Å². The van der Waals surface area contributed by atoms with E-state index in [1.165, 1.54) is 11.8 Å². The standard InChI is InChI=1S/C17H23N5O2S/c1-2-25-17-20-16(21-22-17)19-14(23)11-7-4-8-12-18-15(24)13-9-5-3-6-10-13/h3,5-6,9-10H,2,4,7-8,11-12H2,1H3,(H,18,24)(H2,19,20,21,22,23). The highest BCUT2D eigenvalue weighted by molar-refractivity contribution is 7.99. The first-order chi connectivity index (χ1) is 12.2. The molecule has 7 nitrogen and oxygen atoms in total. The highest BCUT2D eigenvalue weighted by Crippen LogP contribution is 2.13. The van der Waals surface area contributed by atoms with Gasteiger partial charge in [0, 0.05) is 18.5 Å². The first-order valence-corrected chi connectivity index (χ1v) is 9.36. The van der Waals surface area contributed by atoms with Crippen LogP contribution in [0.1, 0.15) is 43.0 Å². The largest absolute Gasteiger partial charge is 0.352 e. The van der Waals surface area contributed by atoms with Crippen molar-refractivity contribution in [1.29, 1.82) is 0 Å². The van der Waals surface area contributed by atoms with Crippen LogP contribution in [0.4, 0.5) is 5.95 Å². The molecule has 3 N–H and O–H groups in total. The van der Waals surface area contributed by atoms with Crippen LogP contribution in [-0.2, 0) is 4.79 Å². The molecule has 1 aromatic carbocycles. The van der Waals surface area contributed by atoms with Crippen molar-refractivity contribution >= 4 is 29.5 Å². The monoisotopic (exact) mass is 361 g/mol. The molecule has 0 saturated heterocycles.